The summed E-state index contributed by atoms with van der Waals surface area (Å²) in [6.07, 6.45) is 1.80. The van der Waals surface area contributed by atoms with Crippen molar-refractivity contribution in [2.24, 2.45) is 5.92 Å². The molecule has 0 aliphatic rings. The summed E-state index contributed by atoms with van der Waals surface area (Å²) in [4.78, 5) is 12.5. The number of nitrogens with one attached hydrogen (secondary N) is 1. The van der Waals surface area contributed by atoms with Crippen LogP contribution in [0.4, 0.5) is 5.69 Å². The highest BCUT2D eigenvalue weighted by molar-refractivity contribution is 7.99. The Morgan fingerprint density at radius 2 is 1.79 bits per heavy atom. The molecule has 3 rings (SSSR count). The van der Waals surface area contributed by atoms with Crippen LogP contribution >= 0.6 is 11.8 Å². The number of carbonyl (C=O) groups excluding carboxylic acids is 1. The Kier molecular flexibility index (Phi) is 8.72. The van der Waals surface area contributed by atoms with E-state index in [4.69, 9.17) is 4.74 Å². The predicted molar refractivity (Wildman–Crippen MR) is 136 cm³/mol. The molecule has 0 unspecified atom stereocenters. The van der Waals surface area contributed by atoms with E-state index in [0.717, 1.165) is 22.8 Å². The lowest BCUT2D eigenvalue weighted by atomic mass is 10.0. The molecule has 0 atom stereocenters. The molecule has 1 amide bonds. The van der Waals surface area contributed by atoms with Crippen molar-refractivity contribution in [3.8, 4) is 17.1 Å². The van der Waals surface area contributed by atoms with Gasteiger partial charge in [-0.25, -0.2) is 0 Å². The molecule has 7 heteroatoms. The highest BCUT2D eigenvalue weighted by Crippen LogP contribution is 2.26. The smallest absolute Gasteiger partial charge is 0.234 e. The normalized spacial score (nSPS) is 11.1. The second kappa shape index (κ2) is 11.7. The minimum absolute atomic E-state index is 0.0846. The fourth-order valence-corrected chi connectivity index (χ4v) is 3.89. The van der Waals surface area contributed by atoms with Crippen LogP contribution in [0.5, 0.6) is 5.75 Å². The van der Waals surface area contributed by atoms with Crippen LogP contribution in [0.25, 0.3) is 11.4 Å². The van der Waals surface area contributed by atoms with Crippen molar-refractivity contribution in [2.75, 3.05) is 17.7 Å². The van der Waals surface area contributed by atoms with Crippen LogP contribution in [0, 0.1) is 5.92 Å². The Morgan fingerprint density at radius 3 is 2.39 bits per heavy atom. The van der Waals surface area contributed by atoms with E-state index in [1.807, 2.05) is 53.1 Å². The van der Waals surface area contributed by atoms with Crippen molar-refractivity contribution in [1.82, 2.24) is 14.8 Å². The van der Waals surface area contributed by atoms with Crippen LogP contribution in [0.1, 0.15) is 39.2 Å². The Morgan fingerprint density at radius 1 is 1.09 bits per heavy atom. The lowest BCUT2D eigenvalue weighted by Gasteiger charge is -2.11. The summed E-state index contributed by atoms with van der Waals surface area (Å²) < 4.78 is 7.73. The number of aromatic nitrogens is 3. The van der Waals surface area contributed by atoms with E-state index in [1.54, 1.807) is 6.08 Å². The molecule has 0 fully saturated rings. The zero-order valence-electron chi connectivity index (χ0n) is 19.7. The third-order valence-corrected chi connectivity index (χ3v) is 5.88. The number of hydrogen-bond acceptors (Lipinski definition) is 5. The number of ether oxygens (including phenoxy) is 1. The highest BCUT2D eigenvalue weighted by atomic mass is 32.2. The van der Waals surface area contributed by atoms with Gasteiger partial charge in [0.25, 0.3) is 0 Å². The van der Waals surface area contributed by atoms with Crippen LogP contribution in [-0.4, -0.2) is 33.0 Å². The fraction of sp³-hybridized carbons (Fsp3) is 0.346. The summed E-state index contributed by atoms with van der Waals surface area (Å²) in [7, 11) is 0. The molecule has 0 aliphatic heterocycles. The van der Waals surface area contributed by atoms with E-state index >= 15 is 0 Å². The fourth-order valence-electron chi connectivity index (χ4n) is 3.14. The molecule has 1 heterocycles. The molecule has 0 aliphatic carbocycles. The zero-order chi connectivity index (χ0) is 23.8. The molecule has 6 nitrogen and oxygen atoms in total. The van der Waals surface area contributed by atoms with Gasteiger partial charge in [-0.05, 0) is 53.8 Å². The van der Waals surface area contributed by atoms with Gasteiger partial charge in [0.2, 0.25) is 5.91 Å². The first-order valence-electron chi connectivity index (χ1n) is 11.2. The zero-order valence-corrected chi connectivity index (χ0v) is 20.6. The molecule has 0 bridgehead atoms. The molecule has 1 aromatic heterocycles. The third-order valence-electron chi connectivity index (χ3n) is 4.92. The van der Waals surface area contributed by atoms with Gasteiger partial charge in [-0.1, -0.05) is 57.7 Å². The second-order valence-electron chi connectivity index (χ2n) is 8.55. The largest absolute Gasteiger partial charge is 0.493 e. The monoisotopic (exact) mass is 464 g/mol. The SMILES string of the molecule is C=CCn1c(SCC(=O)Nc2ccc(C(C)C)cc2)nnc1-c1ccc(OCC(C)C)cc1. The molecule has 0 spiro atoms. The number of carbonyl (C=O) groups is 1. The van der Waals surface area contributed by atoms with Crippen LogP contribution in [-0.2, 0) is 11.3 Å². The minimum Gasteiger partial charge on any atom is -0.493 e. The standard InChI is InChI=1S/C26H32N4O2S/c1-6-15-30-25(21-9-13-23(14-10-21)32-16-18(2)3)28-29-26(30)33-17-24(31)27-22-11-7-20(8-12-22)19(4)5/h6-14,18-19H,1,15-17H2,2-5H3,(H,27,31). The quantitative estimate of drug-likeness (QED) is 0.278. The molecular weight excluding hydrogens is 432 g/mol. The molecule has 0 radical (unpaired) electrons. The van der Waals surface area contributed by atoms with Crippen LogP contribution in [0.2, 0.25) is 0 Å². The van der Waals surface area contributed by atoms with E-state index in [9.17, 15) is 4.79 Å². The van der Waals surface area contributed by atoms with Crippen molar-refractivity contribution >= 4 is 23.4 Å². The second-order valence-corrected chi connectivity index (χ2v) is 9.49. The van der Waals surface area contributed by atoms with Gasteiger partial charge in [-0.3, -0.25) is 9.36 Å². The van der Waals surface area contributed by atoms with Crippen LogP contribution in [0.3, 0.4) is 0 Å². The lowest BCUT2D eigenvalue weighted by molar-refractivity contribution is -0.113. The van der Waals surface area contributed by atoms with Gasteiger partial charge in [-0.15, -0.1) is 16.8 Å². The molecular formula is C26H32N4O2S. The summed E-state index contributed by atoms with van der Waals surface area (Å²) in [6.45, 7) is 13.6. The Labute approximate surface area is 200 Å². The van der Waals surface area contributed by atoms with Gasteiger partial charge < -0.3 is 10.1 Å². The Hall–Kier alpha value is -3.06. The maximum Gasteiger partial charge on any atom is 0.234 e. The number of thioether (sulfide) groups is 1. The van der Waals surface area contributed by atoms with Crippen molar-refractivity contribution in [1.29, 1.82) is 0 Å². The summed E-state index contributed by atoms with van der Waals surface area (Å²) in [6, 6.07) is 15.8. The Balaban J connectivity index is 1.65. The third kappa shape index (κ3) is 6.96. The average molecular weight is 465 g/mol. The lowest BCUT2D eigenvalue weighted by Crippen LogP contribution is -2.14. The molecule has 3 aromatic rings. The predicted octanol–water partition coefficient (Wildman–Crippen LogP) is 6.02. The van der Waals surface area contributed by atoms with Crippen LogP contribution in [0.15, 0.2) is 66.3 Å². The van der Waals surface area contributed by atoms with Crippen molar-refractivity contribution < 1.29 is 9.53 Å². The number of rotatable bonds is 11. The van der Waals surface area contributed by atoms with Gasteiger partial charge in [0.15, 0.2) is 11.0 Å². The summed E-state index contributed by atoms with van der Waals surface area (Å²) in [5, 5.41) is 12.3. The first-order valence-corrected chi connectivity index (χ1v) is 12.2. The Bertz CT molecular complexity index is 1060. The summed E-state index contributed by atoms with van der Waals surface area (Å²) >= 11 is 1.36. The minimum atomic E-state index is -0.0846. The molecule has 174 valence electrons. The van der Waals surface area contributed by atoms with E-state index in [2.05, 4.69) is 49.8 Å². The number of benzene rings is 2. The number of allylic oxidation sites excluding steroid dienone is 1. The maximum atomic E-state index is 12.5. The van der Waals surface area contributed by atoms with Gasteiger partial charge in [0, 0.05) is 17.8 Å². The molecule has 0 saturated carbocycles. The maximum absolute atomic E-state index is 12.5. The van der Waals surface area contributed by atoms with Gasteiger partial charge >= 0.3 is 0 Å². The van der Waals surface area contributed by atoms with Gasteiger partial charge in [0.05, 0.1) is 12.4 Å². The number of hydrogen-bond donors (Lipinski definition) is 1. The average Bonchev–Trinajstić information content (AvgIpc) is 3.20. The number of amides is 1. The summed E-state index contributed by atoms with van der Waals surface area (Å²) in [5.74, 6) is 2.64. The van der Waals surface area contributed by atoms with E-state index < -0.39 is 0 Å². The van der Waals surface area contributed by atoms with E-state index in [-0.39, 0.29) is 11.7 Å². The van der Waals surface area contributed by atoms with E-state index in [0.29, 0.717) is 30.1 Å². The molecule has 0 saturated heterocycles. The first-order chi connectivity index (χ1) is 15.9. The topological polar surface area (TPSA) is 69.0 Å². The van der Waals surface area contributed by atoms with Gasteiger partial charge in [-0.2, -0.15) is 0 Å². The van der Waals surface area contributed by atoms with Crippen molar-refractivity contribution in [3.63, 3.8) is 0 Å². The molecule has 2 aromatic carbocycles. The molecule has 1 N–H and O–H groups in total. The molecule has 33 heavy (non-hydrogen) atoms. The van der Waals surface area contributed by atoms with E-state index in [1.165, 1.54) is 17.3 Å². The highest BCUT2D eigenvalue weighted by Gasteiger charge is 2.15. The first kappa shape index (κ1) is 24.6. The number of nitrogens with zero attached hydrogens (tertiary/aromatic N) is 3. The van der Waals surface area contributed by atoms with Gasteiger partial charge in [0.1, 0.15) is 5.75 Å². The number of anilines is 1. The van der Waals surface area contributed by atoms with Crippen molar-refractivity contribution in [3.05, 3.63) is 66.7 Å². The summed E-state index contributed by atoms with van der Waals surface area (Å²) in [5.41, 5.74) is 2.97. The van der Waals surface area contributed by atoms with Crippen LogP contribution < -0.4 is 10.1 Å². The van der Waals surface area contributed by atoms with Crippen molar-refractivity contribution in [2.45, 2.75) is 45.3 Å².